The Hall–Kier alpha value is -0.0800. The fraction of sp³-hybridized carbons (Fsp3) is 1.00. The van der Waals surface area contributed by atoms with Crippen LogP contribution in [0.15, 0.2) is 0 Å². The van der Waals surface area contributed by atoms with E-state index in [0.29, 0.717) is 0 Å². The first-order valence-electron chi connectivity index (χ1n) is 9.72. The average Bonchev–Trinajstić information content (AvgIpc) is 2.77. The first-order chi connectivity index (χ1) is 10.3. The summed E-state index contributed by atoms with van der Waals surface area (Å²) in [6, 6.07) is 1.80. The van der Waals surface area contributed by atoms with Crippen molar-refractivity contribution in [1.29, 1.82) is 0 Å². The smallest absolute Gasteiger partial charge is 0.0127 e. The van der Waals surface area contributed by atoms with Gasteiger partial charge in [-0.25, -0.2) is 0 Å². The van der Waals surface area contributed by atoms with Gasteiger partial charge < -0.3 is 5.32 Å². The second kappa shape index (κ2) is 7.46. The molecule has 4 unspecified atom stereocenters. The molecular weight excluding hydrogens is 256 g/mol. The van der Waals surface area contributed by atoms with Crippen molar-refractivity contribution in [3.8, 4) is 0 Å². The molecule has 3 fully saturated rings. The summed E-state index contributed by atoms with van der Waals surface area (Å²) >= 11 is 0. The van der Waals surface area contributed by atoms with Gasteiger partial charge >= 0.3 is 0 Å². The van der Waals surface area contributed by atoms with Crippen molar-refractivity contribution >= 4 is 0 Å². The van der Waals surface area contributed by atoms with Gasteiger partial charge in [-0.3, -0.25) is 4.90 Å². The predicted molar refractivity (Wildman–Crippen MR) is 90.5 cm³/mol. The fourth-order valence-corrected chi connectivity index (χ4v) is 5.17. The highest BCUT2D eigenvalue weighted by Crippen LogP contribution is 2.37. The van der Waals surface area contributed by atoms with Crippen LogP contribution < -0.4 is 5.32 Å². The van der Waals surface area contributed by atoms with Crippen LogP contribution in [0.4, 0.5) is 0 Å². The highest BCUT2D eigenvalue weighted by molar-refractivity contribution is 4.91. The summed E-state index contributed by atoms with van der Waals surface area (Å²) in [5.41, 5.74) is 0. The molecule has 2 saturated heterocycles. The van der Waals surface area contributed by atoms with E-state index >= 15 is 0 Å². The molecule has 3 rings (SSSR count). The van der Waals surface area contributed by atoms with Crippen LogP contribution in [0.1, 0.15) is 71.6 Å². The first kappa shape index (κ1) is 15.8. The molecule has 1 saturated carbocycles. The van der Waals surface area contributed by atoms with Gasteiger partial charge in [-0.1, -0.05) is 26.7 Å². The van der Waals surface area contributed by atoms with Gasteiger partial charge in [0.25, 0.3) is 0 Å². The molecule has 1 N–H and O–H groups in total. The minimum absolute atomic E-state index is 0.897. The summed E-state index contributed by atoms with van der Waals surface area (Å²) in [4.78, 5) is 3.01. The average molecular weight is 293 g/mol. The van der Waals surface area contributed by atoms with E-state index in [1.807, 2.05) is 0 Å². The fourth-order valence-electron chi connectivity index (χ4n) is 5.17. The highest BCUT2D eigenvalue weighted by Gasteiger charge is 2.36. The molecule has 1 aliphatic carbocycles. The molecule has 0 radical (unpaired) electrons. The van der Waals surface area contributed by atoms with Crippen LogP contribution in [0, 0.1) is 17.8 Å². The van der Waals surface area contributed by atoms with Crippen LogP contribution in [-0.2, 0) is 0 Å². The van der Waals surface area contributed by atoms with E-state index in [2.05, 4.69) is 24.1 Å². The van der Waals surface area contributed by atoms with Crippen molar-refractivity contribution in [2.24, 2.45) is 17.8 Å². The summed E-state index contributed by atoms with van der Waals surface area (Å²) in [6.45, 7) is 8.86. The topological polar surface area (TPSA) is 15.3 Å². The molecule has 0 amide bonds. The maximum atomic E-state index is 3.56. The number of nitrogens with one attached hydrogen (secondary N) is 1. The van der Waals surface area contributed by atoms with Crippen molar-refractivity contribution in [1.82, 2.24) is 10.2 Å². The summed E-state index contributed by atoms with van der Waals surface area (Å²) in [7, 11) is 0. The van der Waals surface area contributed by atoms with Gasteiger partial charge in [-0.2, -0.15) is 0 Å². The predicted octanol–water partition coefficient (Wildman–Crippen LogP) is 4.06. The number of hydrogen-bond donors (Lipinski definition) is 1. The van der Waals surface area contributed by atoms with E-state index in [-0.39, 0.29) is 0 Å². The third-order valence-corrected chi connectivity index (χ3v) is 6.81. The van der Waals surface area contributed by atoms with E-state index in [4.69, 9.17) is 0 Å². The van der Waals surface area contributed by atoms with Gasteiger partial charge in [0.15, 0.2) is 0 Å². The van der Waals surface area contributed by atoms with Crippen LogP contribution in [0.3, 0.4) is 0 Å². The molecule has 0 aromatic heterocycles. The second-order valence-corrected chi connectivity index (χ2v) is 8.16. The Labute approximate surface area is 132 Å². The maximum Gasteiger partial charge on any atom is 0.0127 e. The molecule has 2 aliphatic heterocycles. The minimum Gasteiger partial charge on any atom is -0.317 e. The zero-order valence-electron chi connectivity index (χ0n) is 14.3. The molecule has 3 aliphatic rings. The molecule has 122 valence electrons. The first-order valence-corrected chi connectivity index (χ1v) is 9.72. The lowest BCUT2D eigenvalue weighted by Crippen LogP contribution is -2.50. The van der Waals surface area contributed by atoms with Gasteiger partial charge in [-0.05, 0) is 82.3 Å². The van der Waals surface area contributed by atoms with E-state index in [9.17, 15) is 0 Å². The Morgan fingerprint density at radius 2 is 1.62 bits per heavy atom. The van der Waals surface area contributed by atoms with Gasteiger partial charge in [0, 0.05) is 12.1 Å². The maximum absolute atomic E-state index is 3.56. The molecule has 0 spiro atoms. The van der Waals surface area contributed by atoms with E-state index in [0.717, 1.165) is 29.8 Å². The van der Waals surface area contributed by atoms with Crippen LogP contribution >= 0.6 is 0 Å². The van der Waals surface area contributed by atoms with Gasteiger partial charge in [0.2, 0.25) is 0 Å². The SMILES string of the molecule is CC1CCC(N2CCCCCC2C2CCNCC2)CC1C. The molecule has 0 aromatic rings. The Morgan fingerprint density at radius 3 is 2.38 bits per heavy atom. The molecular formula is C19H36N2. The van der Waals surface area contributed by atoms with E-state index in [1.54, 1.807) is 0 Å². The monoisotopic (exact) mass is 292 g/mol. The molecule has 0 aromatic carbocycles. The Bertz CT molecular complexity index is 311. The lowest BCUT2D eigenvalue weighted by atomic mass is 9.77. The standard InChI is InChI=1S/C19H36N2/c1-15-7-8-18(14-16(15)2)21-13-5-3-4-6-19(21)17-9-11-20-12-10-17/h15-20H,3-14H2,1-2H3. The molecule has 2 heterocycles. The lowest BCUT2D eigenvalue weighted by Gasteiger charge is -2.46. The number of hydrogen-bond acceptors (Lipinski definition) is 2. The lowest BCUT2D eigenvalue weighted by molar-refractivity contribution is 0.0392. The van der Waals surface area contributed by atoms with Gasteiger partial charge in [0.05, 0.1) is 0 Å². The molecule has 2 heteroatoms. The number of piperidine rings is 1. The summed E-state index contributed by atoms with van der Waals surface area (Å²) in [5, 5.41) is 3.56. The third kappa shape index (κ3) is 3.82. The molecule has 2 nitrogen and oxygen atoms in total. The quantitative estimate of drug-likeness (QED) is 0.826. The molecule has 4 atom stereocenters. The second-order valence-electron chi connectivity index (χ2n) is 8.16. The van der Waals surface area contributed by atoms with Crippen molar-refractivity contribution in [3.05, 3.63) is 0 Å². The van der Waals surface area contributed by atoms with Crippen molar-refractivity contribution in [3.63, 3.8) is 0 Å². The van der Waals surface area contributed by atoms with Crippen molar-refractivity contribution in [2.45, 2.75) is 83.7 Å². The van der Waals surface area contributed by atoms with E-state index < -0.39 is 0 Å². The Kier molecular flexibility index (Phi) is 5.61. The van der Waals surface area contributed by atoms with Crippen LogP contribution in [0.2, 0.25) is 0 Å². The van der Waals surface area contributed by atoms with Crippen LogP contribution in [0.5, 0.6) is 0 Å². The Morgan fingerprint density at radius 1 is 0.810 bits per heavy atom. The normalized spacial score (nSPS) is 40.9. The molecule has 0 bridgehead atoms. The zero-order chi connectivity index (χ0) is 14.7. The number of rotatable bonds is 2. The van der Waals surface area contributed by atoms with Crippen molar-refractivity contribution in [2.75, 3.05) is 19.6 Å². The van der Waals surface area contributed by atoms with E-state index in [1.165, 1.54) is 77.4 Å². The molecule has 21 heavy (non-hydrogen) atoms. The summed E-state index contributed by atoms with van der Waals surface area (Å²) in [6.07, 6.45) is 13.1. The summed E-state index contributed by atoms with van der Waals surface area (Å²) in [5.74, 6) is 2.85. The highest BCUT2D eigenvalue weighted by atomic mass is 15.2. The van der Waals surface area contributed by atoms with Crippen LogP contribution in [0.25, 0.3) is 0 Å². The minimum atomic E-state index is 0.897. The largest absolute Gasteiger partial charge is 0.317 e. The number of nitrogens with zero attached hydrogens (tertiary/aromatic N) is 1. The summed E-state index contributed by atoms with van der Waals surface area (Å²) < 4.78 is 0. The van der Waals surface area contributed by atoms with Gasteiger partial charge in [0.1, 0.15) is 0 Å². The van der Waals surface area contributed by atoms with Crippen LogP contribution in [-0.4, -0.2) is 36.6 Å². The zero-order valence-corrected chi connectivity index (χ0v) is 14.3. The van der Waals surface area contributed by atoms with Gasteiger partial charge in [-0.15, -0.1) is 0 Å². The van der Waals surface area contributed by atoms with Crippen molar-refractivity contribution < 1.29 is 0 Å². The number of likely N-dealkylation sites (tertiary alicyclic amines) is 1. The Balaban J connectivity index is 1.69. The third-order valence-electron chi connectivity index (χ3n) is 6.81.